The van der Waals surface area contributed by atoms with Gasteiger partial charge >= 0.3 is 6.09 Å². The van der Waals surface area contributed by atoms with Gasteiger partial charge in [0.25, 0.3) is 0 Å². The van der Waals surface area contributed by atoms with Crippen LogP contribution in [0.3, 0.4) is 0 Å². The average molecular weight is 474 g/mol. The second-order valence-corrected chi connectivity index (χ2v) is 10.1. The fraction of sp³-hybridized carbons (Fsp3) is 0.379. The van der Waals surface area contributed by atoms with Gasteiger partial charge in [-0.3, -0.25) is 4.79 Å². The first-order valence-electron chi connectivity index (χ1n) is 12.2. The summed E-state index contributed by atoms with van der Waals surface area (Å²) in [6, 6.07) is 21.5. The Morgan fingerprint density at radius 2 is 1.66 bits per heavy atom. The molecule has 0 saturated carbocycles. The molecule has 0 spiro atoms. The third kappa shape index (κ3) is 5.17. The molecular formula is C29H35N3O3. The van der Waals surface area contributed by atoms with Gasteiger partial charge in [-0.1, -0.05) is 54.6 Å². The second kappa shape index (κ2) is 9.70. The molecule has 0 radical (unpaired) electrons. The monoisotopic (exact) mass is 473 g/mol. The van der Waals surface area contributed by atoms with E-state index >= 15 is 0 Å². The molecule has 6 heteroatoms. The highest BCUT2D eigenvalue weighted by Crippen LogP contribution is 2.42. The van der Waals surface area contributed by atoms with Crippen molar-refractivity contribution in [3.8, 4) is 11.1 Å². The molecule has 1 N–H and O–H groups in total. The summed E-state index contributed by atoms with van der Waals surface area (Å²) in [7, 11) is 3.69. The van der Waals surface area contributed by atoms with Crippen LogP contribution in [0.2, 0.25) is 0 Å². The number of hydrogen-bond acceptors (Lipinski definition) is 4. The summed E-state index contributed by atoms with van der Waals surface area (Å²) in [4.78, 5) is 26.9. The Balaban J connectivity index is 1.54. The number of aromatic nitrogens is 1. The number of hydrogen-bond donors (Lipinski definition) is 1. The second-order valence-electron chi connectivity index (χ2n) is 10.1. The Labute approximate surface area is 207 Å². The maximum Gasteiger partial charge on any atom is 0.411 e. The first-order valence-corrected chi connectivity index (χ1v) is 12.2. The fourth-order valence-corrected chi connectivity index (χ4v) is 4.89. The predicted octanol–water partition coefficient (Wildman–Crippen LogP) is 5.24. The number of aryl methyl sites for hydroxylation is 1. The molecule has 2 heterocycles. The smallest absolute Gasteiger partial charge is 0.411 e. The number of rotatable bonds is 7. The SMILES string of the molecule is CNC(C)(C)C[C@]1(c2ccccc2)CCN([C@@H](C)c2ccc(-c3ccc(=O)n(C)c3)cc2)C(=O)O1. The number of amides is 1. The Morgan fingerprint density at radius 1 is 1.00 bits per heavy atom. The summed E-state index contributed by atoms with van der Waals surface area (Å²) in [6.07, 6.45) is 2.94. The maximum atomic E-state index is 13.4. The minimum Gasteiger partial charge on any atom is -0.438 e. The quantitative estimate of drug-likeness (QED) is 0.510. The van der Waals surface area contributed by atoms with Crippen LogP contribution in [0.15, 0.2) is 77.7 Å². The van der Waals surface area contributed by atoms with E-state index in [9.17, 15) is 9.59 Å². The van der Waals surface area contributed by atoms with Crippen LogP contribution in [0, 0.1) is 0 Å². The zero-order valence-electron chi connectivity index (χ0n) is 21.2. The number of carbonyl (C=O) groups is 1. The molecule has 0 unspecified atom stereocenters. The van der Waals surface area contributed by atoms with Crippen molar-refractivity contribution >= 4 is 6.09 Å². The van der Waals surface area contributed by atoms with Crippen LogP contribution < -0.4 is 10.9 Å². The molecule has 0 aliphatic carbocycles. The zero-order chi connectivity index (χ0) is 25.2. The zero-order valence-corrected chi connectivity index (χ0v) is 21.2. The molecule has 1 fully saturated rings. The maximum absolute atomic E-state index is 13.4. The van der Waals surface area contributed by atoms with Crippen molar-refractivity contribution in [3.05, 3.63) is 94.4 Å². The number of benzene rings is 2. The van der Waals surface area contributed by atoms with Gasteiger partial charge < -0.3 is 19.5 Å². The molecule has 35 heavy (non-hydrogen) atoms. The number of nitrogens with zero attached hydrogens (tertiary/aromatic N) is 2. The van der Waals surface area contributed by atoms with Crippen LogP contribution in [0.25, 0.3) is 11.1 Å². The Kier molecular flexibility index (Phi) is 6.86. The van der Waals surface area contributed by atoms with E-state index in [1.807, 2.05) is 73.6 Å². The lowest BCUT2D eigenvalue weighted by Gasteiger charge is -2.46. The van der Waals surface area contributed by atoms with Gasteiger partial charge in [-0.15, -0.1) is 0 Å². The summed E-state index contributed by atoms with van der Waals surface area (Å²) in [6.45, 7) is 6.91. The summed E-state index contributed by atoms with van der Waals surface area (Å²) in [5, 5.41) is 3.36. The Bertz CT molecular complexity index is 1230. The normalized spacial score (nSPS) is 19.3. The first kappa shape index (κ1) is 24.7. The van der Waals surface area contributed by atoms with Crippen LogP contribution >= 0.6 is 0 Å². The molecule has 1 amide bonds. The Hall–Kier alpha value is -3.38. The molecule has 184 valence electrons. The highest BCUT2D eigenvalue weighted by atomic mass is 16.6. The van der Waals surface area contributed by atoms with E-state index in [0.717, 1.165) is 22.3 Å². The van der Waals surface area contributed by atoms with Crippen molar-refractivity contribution < 1.29 is 9.53 Å². The molecular weight excluding hydrogens is 438 g/mol. The molecule has 2 atom stereocenters. The van der Waals surface area contributed by atoms with Crippen molar-refractivity contribution in [2.24, 2.45) is 7.05 Å². The minimum absolute atomic E-state index is 0.0349. The van der Waals surface area contributed by atoms with Crippen molar-refractivity contribution in [1.82, 2.24) is 14.8 Å². The van der Waals surface area contributed by atoms with Gasteiger partial charge in [0.15, 0.2) is 0 Å². The number of carbonyl (C=O) groups excluding carboxylic acids is 1. The molecule has 1 aliphatic heterocycles. The largest absolute Gasteiger partial charge is 0.438 e. The molecule has 6 nitrogen and oxygen atoms in total. The van der Waals surface area contributed by atoms with Crippen LogP contribution in [0.1, 0.15) is 50.8 Å². The van der Waals surface area contributed by atoms with Crippen LogP contribution in [0.4, 0.5) is 4.79 Å². The van der Waals surface area contributed by atoms with Gasteiger partial charge in [0.05, 0.1) is 6.04 Å². The average Bonchev–Trinajstić information content (AvgIpc) is 2.86. The lowest BCUT2D eigenvalue weighted by atomic mass is 9.78. The molecule has 3 aromatic rings. The van der Waals surface area contributed by atoms with Gasteiger partial charge in [-0.25, -0.2) is 4.79 Å². The molecule has 1 saturated heterocycles. The predicted molar refractivity (Wildman–Crippen MR) is 139 cm³/mol. The van der Waals surface area contributed by atoms with E-state index in [1.165, 1.54) is 0 Å². The third-order valence-electron chi connectivity index (χ3n) is 7.26. The van der Waals surface area contributed by atoms with Crippen LogP contribution in [-0.4, -0.2) is 34.7 Å². The van der Waals surface area contributed by atoms with E-state index in [0.29, 0.717) is 19.4 Å². The number of nitrogens with one attached hydrogen (secondary N) is 1. The summed E-state index contributed by atoms with van der Waals surface area (Å²) in [5.74, 6) is 0. The Morgan fingerprint density at radius 3 is 2.26 bits per heavy atom. The van der Waals surface area contributed by atoms with Crippen LogP contribution in [0.5, 0.6) is 0 Å². The van der Waals surface area contributed by atoms with Gasteiger partial charge in [-0.05, 0) is 56.1 Å². The fourth-order valence-electron chi connectivity index (χ4n) is 4.89. The van der Waals surface area contributed by atoms with Gasteiger partial charge in [0.1, 0.15) is 5.60 Å². The minimum atomic E-state index is -0.672. The lowest BCUT2D eigenvalue weighted by Crippen LogP contribution is -2.53. The van der Waals surface area contributed by atoms with E-state index in [1.54, 1.807) is 17.7 Å². The number of cyclic esters (lactones) is 1. The summed E-state index contributed by atoms with van der Waals surface area (Å²) < 4.78 is 7.86. The molecule has 4 rings (SSSR count). The van der Waals surface area contributed by atoms with Gasteiger partial charge in [0.2, 0.25) is 5.56 Å². The van der Waals surface area contributed by atoms with E-state index in [4.69, 9.17) is 4.74 Å². The van der Waals surface area contributed by atoms with Gasteiger partial charge in [0, 0.05) is 44.2 Å². The van der Waals surface area contributed by atoms with E-state index in [2.05, 4.69) is 31.3 Å². The number of pyridine rings is 1. The summed E-state index contributed by atoms with van der Waals surface area (Å²) in [5.41, 5.74) is 3.17. The lowest BCUT2D eigenvalue weighted by molar-refractivity contribution is -0.0761. The van der Waals surface area contributed by atoms with Crippen molar-refractivity contribution in [1.29, 1.82) is 0 Å². The van der Waals surface area contributed by atoms with Gasteiger partial charge in [-0.2, -0.15) is 0 Å². The van der Waals surface area contributed by atoms with E-state index in [-0.39, 0.29) is 23.2 Å². The van der Waals surface area contributed by atoms with Crippen molar-refractivity contribution in [2.75, 3.05) is 13.6 Å². The highest BCUT2D eigenvalue weighted by molar-refractivity contribution is 5.70. The highest BCUT2D eigenvalue weighted by Gasteiger charge is 2.46. The summed E-state index contributed by atoms with van der Waals surface area (Å²) >= 11 is 0. The number of ether oxygens (including phenoxy) is 1. The molecule has 1 aliphatic rings. The third-order valence-corrected chi connectivity index (χ3v) is 7.26. The van der Waals surface area contributed by atoms with E-state index < -0.39 is 5.60 Å². The first-order chi connectivity index (χ1) is 16.6. The molecule has 0 bridgehead atoms. The van der Waals surface area contributed by atoms with Crippen molar-refractivity contribution in [3.63, 3.8) is 0 Å². The standard InChI is InChI=1S/C29H35N3O3/c1-21(22-11-13-23(14-12-22)24-15-16-26(33)31(5)19-24)32-18-17-29(35-27(32)34,20-28(2,3)30-4)25-9-7-6-8-10-25/h6-16,19,21,30H,17-18,20H2,1-5H3/t21-,29-/m0/s1. The topological polar surface area (TPSA) is 63.6 Å². The van der Waals surface area contributed by atoms with Crippen molar-refractivity contribution in [2.45, 2.75) is 50.8 Å². The van der Waals surface area contributed by atoms with Crippen LogP contribution in [-0.2, 0) is 17.4 Å². The molecule has 2 aromatic carbocycles. The molecule has 1 aromatic heterocycles.